The van der Waals surface area contributed by atoms with Crippen LogP contribution in [0.2, 0.25) is 5.02 Å². The van der Waals surface area contributed by atoms with E-state index < -0.39 is 0 Å². The van der Waals surface area contributed by atoms with E-state index in [1.807, 2.05) is 31.2 Å². The topological polar surface area (TPSA) is 17.1 Å². The molecule has 0 bridgehead atoms. The molecule has 12 heavy (non-hydrogen) atoms. The first-order valence-corrected chi connectivity index (χ1v) is 4.31. The fraction of sp³-hybridized carbons (Fsp3) is 0.300. The van der Waals surface area contributed by atoms with Gasteiger partial charge in [0.25, 0.3) is 0 Å². The minimum atomic E-state index is 0.265. The van der Waals surface area contributed by atoms with Crippen LogP contribution in [0.1, 0.15) is 24.8 Å². The normalized spacial score (nSPS) is 12.5. The summed E-state index contributed by atoms with van der Waals surface area (Å²) >= 11 is 5.80. The molecule has 0 amide bonds. The highest BCUT2D eigenvalue weighted by molar-refractivity contribution is 6.30. The third-order valence-electron chi connectivity index (χ3n) is 1.87. The molecule has 0 saturated heterocycles. The first-order chi connectivity index (χ1) is 5.74. The van der Waals surface area contributed by atoms with Gasteiger partial charge in [-0.2, -0.15) is 0 Å². The Morgan fingerprint density at radius 1 is 1.58 bits per heavy atom. The van der Waals surface area contributed by atoms with E-state index >= 15 is 0 Å². The first-order valence-electron chi connectivity index (χ1n) is 3.93. The smallest absolute Gasteiger partial charge is 0.120 e. The lowest BCUT2D eigenvalue weighted by Gasteiger charge is -2.07. The van der Waals surface area contributed by atoms with Crippen LogP contribution in [0.15, 0.2) is 24.3 Å². The molecule has 1 unspecified atom stereocenters. The van der Waals surface area contributed by atoms with Crippen LogP contribution in [0.25, 0.3) is 0 Å². The summed E-state index contributed by atoms with van der Waals surface area (Å²) < 4.78 is 0. The van der Waals surface area contributed by atoms with Crippen LogP contribution in [-0.2, 0) is 4.79 Å². The zero-order valence-electron chi connectivity index (χ0n) is 6.96. The summed E-state index contributed by atoms with van der Waals surface area (Å²) in [5, 5.41) is 0.727. The molecule has 0 fully saturated rings. The van der Waals surface area contributed by atoms with E-state index in [1.165, 1.54) is 0 Å². The van der Waals surface area contributed by atoms with Gasteiger partial charge in [-0.1, -0.05) is 30.7 Å². The van der Waals surface area contributed by atoms with Gasteiger partial charge in [0.15, 0.2) is 0 Å². The molecular formula is C10H11ClO. The Morgan fingerprint density at radius 2 is 2.33 bits per heavy atom. The highest BCUT2D eigenvalue weighted by Crippen LogP contribution is 2.20. The average Bonchev–Trinajstić information content (AvgIpc) is 2.05. The number of benzene rings is 1. The Balaban J connectivity index is 2.80. The van der Waals surface area contributed by atoms with Crippen LogP contribution in [0.3, 0.4) is 0 Å². The van der Waals surface area contributed by atoms with Gasteiger partial charge in [0.1, 0.15) is 6.29 Å². The summed E-state index contributed by atoms with van der Waals surface area (Å²) in [4.78, 5) is 10.2. The quantitative estimate of drug-likeness (QED) is 0.657. The van der Waals surface area contributed by atoms with Crippen LogP contribution in [0.4, 0.5) is 0 Å². The molecule has 1 aromatic rings. The molecule has 0 saturated carbocycles. The Labute approximate surface area is 77.4 Å². The molecule has 1 aromatic carbocycles. The number of halogens is 1. The third kappa shape index (κ3) is 2.35. The van der Waals surface area contributed by atoms with Gasteiger partial charge in [-0.15, -0.1) is 0 Å². The SMILES string of the molecule is CC(CC=O)c1cccc(Cl)c1. The van der Waals surface area contributed by atoms with Gasteiger partial charge in [-0.05, 0) is 23.6 Å². The number of hydrogen-bond acceptors (Lipinski definition) is 1. The van der Waals surface area contributed by atoms with Gasteiger partial charge in [-0.25, -0.2) is 0 Å². The zero-order chi connectivity index (χ0) is 8.97. The Morgan fingerprint density at radius 3 is 2.92 bits per heavy atom. The summed E-state index contributed by atoms with van der Waals surface area (Å²) in [5.74, 6) is 0.265. The van der Waals surface area contributed by atoms with E-state index in [9.17, 15) is 4.79 Å². The second kappa shape index (κ2) is 4.27. The van der Waals surface area contributed by atoms with Crippen molar-refractivity contribution in [3.05, 3.63) is 34.9 Å². The zero-order valence-corrected chi connectivity index (χ0v) is 7.71. The van der Waals surface area contributed by atoms with Crippen molar-refractivity contribution in [2.75, 3.05) is 0 Å². The number of carbonyl (C=O) groups is 1. The fourth-order valence-electron chi connectivity index (χ4n) is 1.09. The van der Waals surface area contributed by atoms with Crippen molar-refractivity contribution in [1.82, 2.24) is 0 Å². The summed E-state index contributed by atoms with van der Waals surface area (Å²) in [7, 11) is 0. The van der Waals surface area contributed by atoms with Gasteiger partial charge in [0.2, 0.25) is 0 Å². The van der Waals surface area contributed by atoms with E-state index in [2.05, 4.69) is 0 Å². The Kier molecular flexibility index (Phi) is 3.30. The predicted molar refractivity (Wildman–Crippen MR) is 50.5 cm³/mol. The van der Waals surface area contributed by atoms with Crippen LogP contribution in [0.5, 0.6) is 0 Å². The number of carbonyl (C=O) groups excluding carboxylic acids is 1. The lowest BCUT2D eigenvalue weighted by Crippen LogP contribution is -1.93. The molecule has 0 aliphatic heterocycles. The minimum absolute atomic E-state index is 0.265. The molecule has 0 N–H and O–H groups in total. The molecule has 0 heterocycles. The van der Waals surface area contributed by atoms with Crippen LogP contribution in [0, 0.1) is 0 Å². The van der Waals surface area contributed by atoms with Crippen molar-refractivity contribution >= 4 is 17.9 Å². The molecule has 64 valence electrons. The maximum Gasteiger partial charge on any atom is 0.120 e. The second-order valence-corrected chi connectivity index (χ2v) is 3.29. The molecule has 0 aliphatic carbocycles. The lowest BCUT2D eigenvalue weighted by molar-refractivity contribution is -0.108. The monoisotopic (exact) mass is 182 g/mol. The predicted octanol–water partition coefficient (Wildman–Crippen LogP) is 3.03. The van der Waals surface area contributed by atoms with Crippen molar-refractivity contribution in [2.45, 2.75) is 19.3 Å². The maximum atomic E-state index is 10.2. The van der Waals surface area contributed by atoms with Crippen molar-refractivity contribution in [3.63, 3.8) is 0 Å². The third-order valence-corrected chi connectivity index (χ3v) is 2.10. The van der Waals surface area contributed by atoms with Gasteiger partial charge in [-0.3, -0.25) is 0 Å². The lowest BCUT2D eigenvalue weighted by atomic mass is 9.99. The van der Waals surface area contributed by atoms with E-state index in [1.54, 1.807) is 0 Å². The highest BCUT2D eigenvalue weighted by atomic mass is 35.5. The van der Waals surface area contributed by atoms with Crippen LogP contribution < -0.4 is 0 Å². The molecule has 0 aromatic heterocycles. The molecule has 2 heteroatoms. The molecular weight excluding hydrogens is 172 g/mol. The Hall–Kier alpha value is -0.820. The standard InChI is InChI=1S/C10H11ClO/c1-8(5-6-12)9-3-2-4-10(11)7-9/h2-4,6-8H,5H2,1H3. The Bertz CT molecular complexity index is 270. The average molecular weight is 183 g/mol. The molecule has 1 nitrogen and oxygen atoms in total. The maximum absolute atomic E-state index is 10.2. The number of aldehydes is 1. The van der Waals surface area contributed by atoms with Gasteiger partial charge in [0, 0.05) is 11.4 Å². The molecule has 0 spiro atoms. The fourth-order valence-corrected chi connectivity index (χ4v) is 1.29. The highest BCUT2D eigenvalue weighted by Gasteiger charge is 2.03. The largest absolute Gasteiger partial charge is 0.303 e. The van der Waals surface area contributed by atoms with E-state index in [0.29, 0.717) is 6.42 Å². The van der Waals surface area contributed by atoms with E-state index in [-0.39, 0.29) is 5.92 Å². The van der Waals surface area contributed by atoms with Gasteiger partial charge in [0.05, 0.1) is 0 Å². The molecule has 1 rings (SSSR count). The summed E-state index contributed by atoms with van der Waals surface area (Å²) in [6, 6.07) is 7.62. The van der Waals surface area contributed by atoms with Crippen molar-refractivity contribution in [1.29, 1.82) is 0 Å². The molecule has 0 aliphatic rings. The number of rotatable bonds is 3. The minimum Gasteiger partial charge on any atom is -0.303 e. The van der Waals surface area contributed by atoms with Gasteiger partial charge < -0.3 is 4.79 Å². The van der Waals surface area contributed by atoms with Crippen molar-refractivity contribution < 1.29 is 4.79 Å². The van der Waals surface area contributed by atoms with E-state index in [4.69, 9.17) is 11.6 Å². The summed E-state index contributed by atoms with van der Waals surface area (Å²) in [5.41, 5.74) is 1.12. The van der Waals surface area contributed by atoms with Gasteiger partial charge >= 0.3 is 0 Å². The van der Waals surface area contributed by atoms with Crippen molar-refractivity contribution in [2.24, 2.45) is 0 Å². The van der Waals surface area contributed by atoms with Crippen LogP contribution >= 0.6 is 11.6 Å². The van der Waals surface area contributed by atoms with E-state index in [0.717, 1.165) is 16.9 Å². The molecule has 1 atom stereocenters. The van der Waals surface area contributed by atoms with Crippen LogP contribution in [-0.4, -0.2) is 6.29 Å². The van der Waals surface area contributed by atoms with Crippen molar-refractivity contribution in [3.8, 4) is 0 Å². The number of hydrogen-bond donors (Lipinski definition) is 0. The first kappa shape index (κ1) is 9.27. The summed E-state index contributed by atoms with van der Waals surface area (Å²) in [6.45, 7) is 2.01. The molecule has 0 radical (unpaired) electrons. The second-order valence-electron chi connectivity index (χ2n) is 2.86. The summed E-state index contributed by atoms with van der Waals surface area (Å²) in [6.07, 6.45) is 1.49.